The van der Waals surface area contributed by atoms with Crippen LogP contribution in [0.15, 0.2) is 30.3 Å². The third kappa shape index (κ3) is 2.92. The van der Waals surface area contributed by atoms with Crippen molar-refractivity contribution in [2.45, 2.75) is 6.92 Å². The van der Waals surface area contributed by atoms with E-state index in [0.717, 1.165) is 0 Å². The lowest BCUT2D eigenvalue weighted by molar-refractivity contribution is -0.384. The number of hydrogen-bond donors (Lipinski definition) is 1. The van der Waals surface area contributed by atoms with Gasteiger partial charge in [0.15, 0.2) is 5.75 Å². The van der Waals surface area contributed by atoms with Crippen LogP contribution in [0.4, 0.5) is 11.4 Å². The van der Waals surface area contributed by atoms with Crippen LogP contribution in [0.25, 0.3) is 0 Å². The van der Waals surface area contributed by atoms with Crippen LogP contribution in [-0.2, 0) is 0 Å². The first-order valence-electron chi connectivity index (χ1n) is 5.32. The largest absolute Gasteiger partial charge is 0.437 e. The molecule has 19 heavy (non-hydrogen) atoms. The van der Waals surface area contributed by atoms with E-state index in [-0.39, 0.29) is 22.3 Å². The summed E-state index contributed by atoms with van der Waals surface area (Å²) in [6.45, 7) is 1.73. The molecular weight excluding hydrogens is 270 g/mol. The third-order valence-electron chi connectivity index (χ3n) is 2.44. The van der Waals surface area contributed by atoms with Gasteiger partial charge < -0.3 is 10.5 Å². The maximum atomic E-state index is 10.7. The molecule has 0 bridgehead atoms. The Balaban J connectivity index is 2.34. The highest BCUT2D eigenvalue weighted by Crippen LogP contribution is 2.32. The van der Waals surface area contributed by atoms with Gasteiger partial charge in [-0.25, -0.2) is 4.98 Å². The summed E-state index contributed by atoms with van der Waals surface area (Å²) in [5, 5.41) is 11.0. The van der Waals surface area contributed by atoms with E-state index in [9.17, 15) is 10.1 Å². The maximum absolute atomic E-state index is 10.7. The van der Waals surface area contributed by atoms with Crippen LogP contribution in [0.5, 0.6) is 11.6 Å². The summed E-state index contributed by atoms with van der Waals surface area (Å²) in [5.41, 5.74) is 6.69. The van der Waals surface area contributed by atoms with Crippen molar-refractivity contribution in [3.63, 3.8) is 0 Å². The van der Waals surface area contributed by atoms with Gasteiger partial charge >= 0.3 is 0 Å². The summed E-state index contributed by atoms with van der Waals surface area (Å²) in [5.74, 6) is 0.446. The summed E-state index contributed by atoms with van der Waals surface area (Å²) < 4.78 is 5.43. The van der Waals surface area contributed by atoms with Crippen molar-refractivity contribution in [3.8, 4) is 11.6 Å². The monoisotopic (exact) mass is 279 g/mol. The SMILES string of the molecule is Cc1nc(Oc2cc([N+](=O)[O-])ccc2Cl)ccc1N. The Morgan fingerprint density at radius 3 is 2.74 bits per heavy atom. The zero-order valence-electron chi connectivity index (χ0n) is 9.96. The highest BCUT2D eigenvalue weighted by atomic mass is 35.5. The van der Waals surface area contributed by atoms with Crippen molar-refractivity contribution in [2.75, 3.05) is 5.73 Å². The average molecular weight is 280 g/mol. The van der Waals surface area contributed by atoms with Gasteiger partial charge in [0.25, 0.3) is 5.69 Å². The number of nitrogens with zero attached hydrogens (tertiary/aromatic N) is 2. The second-order valence-corrected chi connectivity index (χ2v) is 4.21. The van der Waals surface area contributed by atoms with Gasteiger partial charge in [0.2, 0.25) is 5.88 Å². The Labute approximate surface area is 113 Å². The normalized spacial score (nSPS) is 10.2. The smallest absolute Gasteiger partial charge is 0.273 e. The lowest BCUT2D eigenvalue weighted by Gasteiger charge is -2.08. The number of anilines is 1. The minimum absolute atomic E-state index is 0.105. The van der Waals surface area contributed by atoms with Crippen molar-refractivity contribution in [1.29, 1.82) is 0 Å². The molecule has 0 saturated heterocycles. The van der Waals surface area contributed by atoms with Crippen LogP contribution in [0.1, 0.15) is 5.69 Å². The van der Waals surface area contributed by atoms with Crippen LogP contribution in [0.3, 0.4) is 0 Å². The van der Waals surface area contributed by atoms with Crippen molar-refractivity contribution >= 4 is 23.0 Å². The second-order valence-electron chi connectivity index (χ2n) is 3.80. The fourth-order valence-corrected chi connectivity index (χ4v) is 1.56. The van der Waals surface area contributed by atoms with Crippen LogP contribution in [-0.4, -0.2) is 9.91 Å². The molecule has 7 heteroatoms. The first kappa shape index (κ1) is 13.1. The molecule has 2 aromatic rings. The molecule has 1 aromatic heterocycles. The molecule has 6 nitrogen and oxygen atoms in total. The molecule has 0 aliphatic carbocycles. The number of ether oxygens (including phenoxy) is 1. The van der Waals surface area contributed by atoms with Crippen molar-refractivity contribution in [1.82, 2.24) is 4.98 Å². The minimum atomic E-state index is -0.523. The summed E-state index contributed by atoms with van der Waals surface area (Å²) >= 11 is 5.92. The number of nitro groups is 1. The number of aryl methyl sites for hydroxylation is 1. The number of aromatic nitrogens is 1. The molecule has 0 atom stereocenters. The average Bonchev–Trinajstić information content (AvgIpc) is 2.36. The number of nitrogen functional groups attached to an aromatic ring is 1. The number of rotatable bonds is 3. The highest BCUT2D eigenvalue weighted by molar-refractivity contribution is 6.32. The molecular formula is C12H10ClN3O3. The number of hydrogen-bond acceptors (Lipinski definition) is 5. The summed E-state index contributed by atoms with van der Waals surface area (Å²) in [7, 11) is 0. The fourth-order valence-electron chi connectivity index (χ4n) is 1.40. The summed E-state index contributed by atoms with van der Waals surface area (Å²) in [6, 6.07) is 7.16. The van der Waals surface area contributed by atoms with E-state index in [1.165, 1.54) is 18.2 Å². The standard InChI is InChI=1S/C12H10ClN3O3/c1-7-10(14)4-5-12(15-7)19-11-6-8(16(17)18)2-3-9(11)13/h2-6H,14H2,1H3. The van der Waals surface area contributed by atoms with E-state index in [1.807, 2.05) is 0 Å². The van der Waals surface area contributed by atoms with E-state index in [0.29, 0.717) is 11.4 Å². The number of non-ortho nitro benzene ring substituents is 1. The number of nitrogens with two attached hydrogens (primary N) is 1. The molecule has 0 saturated carbocycles. The van der Waals surface area contributed by atoms with Gasteiger partial charge in [-0.1, -0.05) is 11.6 Å². The molecule has 1 heterocycles. The zero-order chi connectivity index (χ0) is 14.0. The second kappa shape index (κ2) is 5.11. The Bertz CT molecular complexity index is 646. The number of nitro benzene ring substituents is 1. The molecule has 0 amide bonds. The molecule has 0 spiro atoms. The zero-order valence-corrected chi connectivity index (χ0v) is 10.7. The molecule has 1 aromatic carbocycles. The van der Waals surface area contributed by atoms with Gasteiger partial charge in [-0.2, -0.15) is 0 Å². The number of halogens is 1. The topological polar surface area (TPSA) is 91.3 Å². The van der Waals surface area contributed by atoms with Crippen LogP contribution in [0, 0.1) is 17.0 Å². The molecule has 0 aliphatic heterocycles. The molecule has 2 N–H and O–H groups in total. The lowest BCUT2D eigenvalue weighted by Crippen LogP contribution is -1.96. The Morgan fingerprint density at radius 1 is 1.37 bits per heavy atom. The predicted molar refractivity (Wildman–Crippen MR) is 71.6 cm³/mol. The van der Waals surface area contributed by atoms with E-state index in [1.54, 1.807) is 19.1 Å². The first-order chi connectivity index (χ1) is 8.97. The van der Waals surface area contributed by atoms with Crippen molar-refractivity contribution in [3.05, 3.63) is 51.2 Å². The summed E-state index contributed by atoms with van der Waals surface area (Å²) in [4.78, 5) is 14.3. The molecule has 0 fully saturated rings. The van der Waals surface area contributed by atoms with Crippen LogP contribution >= 0.6 is 11.6 Å². The van der Waals surface area contributed by atoms with Gasteiger partial charge in [-0.15, -0.1) is 0 Å². The van der Waals surface area contributed by atoms with E-state index < -0.39 is 4.92 Å². The van der Waals surface area contributed by atoms with Gasteiger partial charge in [-0.05, 0) is 19.1 Å². The molecule has 0 unspecified atom stereocenters. The molecule has 0 radical (unpaired) electrons. The van der Waals surface area contributed by atoms with Crippen LogP contribution in [0.2, 0.25) is 5.02 Å². The Morgan fingerprint density at radius 2 is 2.11 bits per heavy atom. The maximum Gasteiger partial charge on any atom is 0.273 e. The quantitative estimate of drug-likeness (QED) is 0.687. The summed E-state index contributed by atoms with van der Waals surface area (Å²) in [6.07, 6.45) is 0. The van der Waals surface area contributed by atoms with Crippen LogP contribution < -0.4 is 10.5 Å². The molecule has 2 rings (SSSR count). The minimum Gasteiger partial charge on any atom is -0.437 e. The van der Waals surface area contributed by atoms with Crippen molar-refractivity contribution < 1.29 is 9.66 Å². The highest BCUT2D eigenvalue weighted by Gasteiger charge is 2.12. The van der Waals surface area contributed by atoms with E-state index >= 15 is 0 Å². The van der Waals surface area contributed by atoms with E-state index in [4.69, 9.17) is 22.1 Å². The molecule has 98 valence electrons. The Hall–Kier alpha value is -2.34. The Kier molecular flexibility index (Phi) is 3.52. The van der Waals surface area contributed by atoms with Crippen molar-refractivity contribution in [2.24, 2.45) is 0 Å². The first-order valence-corrected chi connectivity index (χ1v) is 5.70. The van der Waals surface area contributed by atoms with E-state index in [2.05, 4.69) is 4.98 Å². The van der Waals surface area contributed by atoms with Gasteiger partial charge in [0, 0.05) is 12.1 Å². The number of benzene rings is 1. The number of pyridine rings is 1. The van der Waals surface area contributed by atoms with Gasteiger partial charge in [0.05, 0.1) is 27.4 Å². The lowest BCUT2D eigenvalue weighted by atomic mass is 10.3. The molecule has 0 aliphatic rings. The fraction of sp³-hybridized carbons (Fsp3) is 0.0833. The third-order valence-corrected chi connectivity index (χ3v) is 2.75. The van der Waals surface area contributed by atoms with Gasteiger partial charge in [-0.3, -0.25) is 10.1 Å². The predicted octanol–water partition coefficient (Wildman–Crippen LogP) is 3.33. The van der Waals surface area contributed by atoms with Gasteiger partial charge in [0.1, 0.15) is 0 Å².